The van der Waals surface area contributed by atoms with Gasteiger partial charge in [0.2, 0.25) is 5.89 Å². The van der Waals surface area contributed by atoms with Crippen LogP contribution in [0.5, 0.6) is 0 Å². The Kier molecular flexibility index (Phi) is 3.89. The largest absolute Gasteiger partial charge is 0.339 e. The minimum atomic E-state index is 0.0848. The average molecular weight is 356 g/mol. The fraction of sp³-hybridized carbons (Fsp3) is 0.462. The molecule has 0 unspecified atom stereocenters. The monoisotopic (exact) mass is 355 g/mol. The van der Waals surface area contributed by atoms with Crippen LogP contribution >= 0.6 is 27.3 Å². The van der Waals surface area contributed by atoms with Gasteiger partial charge in [-0.15, -0.1) is 11.3 Å². The number of carbonyl (C=O) groups is 1. The van der Waals surface area contributed by atoms with Gasteiger partial charge in [-0.2, -0.15) is 4.98 Å². The Hall–Kier alpha value is -1.21. The summed E-state index contributed by atoms with van der Waals surface area (Å²) >= 11 is 4.86. The first-order chi connectivity index (χ1) is 9.63. The zero-order chi connectivity index (χ0) is 14.1. The quantitative estimate of drug-likeness (QED) is 0.829. The molecule has 0 saturated carbocycles. The van der Waals surface area contributed by atoms with E-state index in [-0.39, 0.29) is 11.8 Å². The molecule has 0 bridgehead atoms. The van der Waals surface area contributed by atoms with Crippen molar-refractivity contribution in [3.05, 3.63) is 32.5 Å². The molecule has 1 amide bonds. The van der Waals surface area contributed by atoms with Crippen molar-refractivity contribution < 1.29 is 9.32 Å². The van der Waals surface area contributed by atoms with E-state index in [1.54, 1.807) is 0 Å². The molecule has 20 heavy (non-hydrogen) atoms. The molecule has 2 aromatic rings. The summed E-state index contributed by atoms with van der Waals surface area (Å²) in [5.74, 6) is 1.52. The van der Waals surface area contributed by atoms with Gasteiger partial charge in [0.05, 0.1) is 14.6 Å². The molecule has 3 rings (SSSR count). The summed E-state index contributed by atoms with van der Waals surface area (Å²) in [6.45, 7) is 3.25. The van der Waals surface area contributed by atoms with Crippen molar-refractivity contribution in [3.8, 4) is 0 Å². The van der Waals surface area contributed by atoms with Crippen LogP contribution in [0.15, 0.2) is 20.4 Å². The molecule has 3 heterocycles. The van der Waals surface area contributed by atoms with Crippen molar-refractivity contribution >= 4 is 33.2 Å². The standard InChI is InChI=1S/C13H14BrN3O2S/c1-8-15-12(19-16-8)9-3-2-6-17(7-9)13(18)10-4-5-11(14)20-10/h4-5,9H,2-3,6-7H2,1H3/t9-/m0/s1. The van der Waals surface area contributed by atoms with Gasteiger partial charge in [0, 0.05) is 13.1 Å². The predicted molar refractivity (Wildman–Crippen MR) is 78.9 cm³/mol. The number of likely N-dealkylation sites (tertiary alicyclic amines) is 1. The van der Waals surface area contributed by atoms with Crippen molar-refractivity contribution in [1.29, 1.82) is 0 Å². The second-order valence-corrected chi connectivity index (χ2v) is 7.34. The Morgan fingerprint density at radius 1 is 1.55 bits per heavy atom. The number of piperidine rings is 1. The molecular formula is C13H14BrN3O2S. The van der Waals surface area contributed by atoms with Gasteiger partial charge < -0.3 is 9.42 Å². The lowest BCUT2D eigenvalue weighted by Gasteiger charge is -2.30. The number of hydrogen-bond acceptors (Lipinski definition) is 5. The van der Waals surface area contributed by atoms with E-state index < -0.39 is 0 Å². The summed E-state index contributed by atoms with van der Waals surface area (Å²) in [4.78, 5) is 19.4. The van der Waals surface area contributed by atoms with E-state index in [1.165, 1.54) is 11.3 Å². The predicted octanol–water partition coefficient (Wildman–Crippen LogP) is 3.22. The molecule has 1 atom stereocenters. The van der Waals surface area contributed by atoms with Gasteiger partial charge in [-0.05, 0) is 47.8 Å². The fourth-order valence-electron chi connectivity index (χ4n) is 2.43. The van der Waals surface area contributed by atoms with Crippen LogP contribution in [0.2, 0.25) is 0 Å². The maximum atomic E-state index is 12.4. The molecule has 0 N–H and O–H groups in total. The fourth-order valence-corrected chi connectivity index (χ4v) is 3.78. The van der Waals surface area contributed by atoms with Crippen LogP contribution in [0.25, 0.3) is 0 Å². The van der Waals surface area contributed by atoms with E-state index in [2.05, 4.69) is 26.1 Å². The highest BCUT2D eigenvalue weighted by Gasteiger charge is 2.29. The first-order valence-corrected chi connectivity index (χ1v) is 8.09. The number of rotatable bonds is 2. The number of halogens is 1. The minimum Gasteiger partial charge on any atom is -0.339 e. The van der Waals surface area contributed by atoms with Gasteiger partial charge in [-0.1, -0.05) is 5.16 Å². The van der Waals surface area contributed by atoms with Crippen LogP contribution in [0.4, 0.5) is 0 Å². The van der Waals surface area contributed by atoms with Crippen LogP contribution < -0.4 is 0 Å². The molecule has 5 nitrogen and oxygen atoms in total. The number of hydrogen-bond donors (Lipinski definition) is 0. The van der Waals surface area contributed by atoms with Crippen molar-refractivity contribution in [2.75, 3.05) is 13.1 Å². The summed E-state index contributed by atoms with van der Waals surface area (Å²) in [7, 11) is 0. The number of aromatic nitrogens is 2. The Bertz CT molecular complexity index is 625. The zero-order valence-electron chi connectivity index (χ0n) is 11.0. The first kappa shape index (κ1) is 13.8. The van der Waals surface area contributed by atoms with Gasteiger partial charge in [-0.25, -0.2) is 0 Å². The SMILES string of the molecule is Cc1noc([C@H]2CCCN(C(=O)c3ccc(Br)s3)C2)n1. The normalized spacial score (nSPS) is 19.3. The van der Waals surface area contributed by atoms with Crippen LogP contribution in [0, 0.1) is 6.92 Å². The molecule has 1 aliphatic rings. The molecule has 0 spiro atoms. The lowest BCUT2D eigenvalue weighted by Crippen LogP contribution is -2.38. The molecule has 2 aromatic heterocycles. The molecule has 0 radical (unpaired) electrons. The summed E-state index contributed by atoms with van der Waals surface area (Å²) in [6, 6.07) is 3.76. The lowest BCUT2D eigenvalue weighted by molar-refractivity contribution is 0.0700. The number of carbonyl (C=O) groups excluding carboxylic acids is 1. The van der Waals surface area contributed by atoms with Crippen molar-refractivity contribution in [1.82, 2.24) is 15.0 Å². The number of aryl methyl sites for hydroxylation is 1. The summed E-state index contributed by atoms with van der Waals surface area (Å²) in [6.07, 6.45) is 1.95. The molecule has 106 valence electrons. The third kappa shape index (κ3) is 2.78. The van der Waals surface area contributed by atoms with E-state index in [0.717, 1.165) is 28.0 Å². The summed E-state index contributed by atoms with van der Waals surface area (Å²) < 4.78 is 6.21. The van der Waals surface area contributed by atoms with Crippen molar-refractivity contribution in [2.24, 2.45) is 0 Å². The van der Waals surface area contributed by atoms with Gasteiger partial charge in [0.15, 0.2) is 5.82 Å². The van der Waals surface area contributed by atoms with Crippen LogP contribution in [-0.4, -0.2) is 34.0 Å². The maximum Gasteiger partial charge on any atom is 0.263 e. The van der Waals surface area contributed by atoms with Crippen LogP contribution in [-0.2, 0) is 0 Å². The van der Waals surface area contributed by atoms with E-state index >= 15 is 0 Å². The van der Waals surface area contributed by atoms with E-state index in [0.29, 0.717) is 18.3 Å². The highest BCUT2D eigenvalue weighted by Crippen LogP contribution is 2.29. The lowest BCUT2D eigenvalue weighted by atomic mass is 9.98. The first-order valence-electron chi connectivity index (χ1n) is 6.48. The van der Waals surface area contributed by atoms with E-state index in [1.807, 2.05) is 24.0 Å². The van der Waals surface area contributed by atoms with Gasteiger partial charge in [0.25, 0.3) is 5.91 Å². The molecule has 1 aliphatic heterocycles. The molecule has 7 heteroatoms. The van der Waals surface area contributed by atoms with Gasteiger partial charge >= 0.3 is 0 Å². The maximum absolute atomic E-state index is 12.4. The highest BCUT2D eigenvalue weighted by atomic mass is 79.9. The summed E-state index contributed by atoms with van der Waals surface area (Å²) in [5, 5.41) is 3.83. The van der Waals surface area contributed by atoms with Gasteiger partial charge in [0.1, 0.15) is 0 Å². The smallest absolute Gasteiger partial charge is 0.263 e. The topological polar surface area (TPSA) is 59.2 Å². The average Bonchev–Trinajstić information content (AvgIpc) is 3.07. The molecule has 0 aromatic carbocycles. The molecular weight excluding hydrogens is 342 g/mol. The third-order valence-corrected chi connectivity index (χ3v) is 5.00. The molecule has 1 saturated heterocycles. The minimum absolute atomic E-state index is 0.0848. The van der Waals surface area contributed by atoms with E-state index in [9.17, 15) is 4.79 Å². The second kappa shape index (κ2) is 5.65. The van der Waals surface area contributed by atoms with E-state index in [4.69, 9.17) is 4.52 Å². The number of amides is 1. The molecule has 0 aliphatic carbocycles. The second-order valence-electron chi connectivity index (χ2n) is 4.87. The zero-order valence-corrected chi connectivity index (χ0v) is 13.4. The van der Waals surface area contributed by atoms with Crippen LogP contribution in [0.3, 0.4) is 0 Å². The third-order valence-electron chi connectivity index (χ3n) is 3.39. The number of thiophene rings is 1. The van der Waals surface area contributed by atoms with Crippen LogP contribution in [0.1, 0.15) is 40.1 Å². The van der Waals surface area contributed by atoms with Crippen molar-refractivity contribution in [2.45, 2.75) is 25.7 Å². The van der Waals surface area contributed by atoms with Crippen molar-refractivity contribution in [3.63, 3.8) is 0 Å². The Morgan fingerprint density at radius 3 is 3.05 bits per heavy atom. The molecule has 1 fully saturated rings. The Labute approximate surface area is 129 Å². The van der Waals surface area contributed by atoms with Gasteiger partial charge in [-0.3, -0.25) is 4.79 Å². The Morgan fingerprint density at radius 2 is 2.40 bits per heavy atom. The Balaban J connectivity index is 1.73. The number of nitrogens with zero attached hydrogens (tertiary/aromatic N) is 3. The summed E-state index contributed by atoms with van der Waals surface area (Å²) in [5.41, 5.74) is 0. The highest BCUT2D eigenvalue weighted by molar-refractivity contribution is 9.11.